The van der Waals surface area contributed by atoms with E-state index in [9.17, 15) is 9.59 Å². The minimum Gasteiger partial charge on any atom is -0.478 e. The third-order valence-corrected chi connectivity index (χ3v) is 1.45. The van der Waals surface area contributed by atoms with Gasteiger partial charge in [0.2, 0.25) is 0 Å². The second-order valence-electron chi connectivity index (χ2n) is 3.22. The summed E-state index contributed by atoms with van der Waals surface area (Å²) in [6.45, 7) is 5.67. The Hall–Kier alpha value is -1.32. The number of hydrogen-bond acceptors (Lipinski definition) is 3. The Bertz CT molecular complexity index is 241. The van der Waals surface area contributed by atoms with Gasteiger partial charge in [-0.05, 0) is 12.8 Å². The zero-order chi connectivity index (χ0) is 11.1. The topological polar surface area (TPSA) is 63.6 Å². The first kappa shape index (κ1) is 12.7. The highest BCUT2D eigenvalue weighted by Gasteiger charge is 2.13. The molecule has 0 aliphatic rings. The van der Waals surface area contributed by atoms with E-state index in [0.29, 0.717) is 0 Å². The van der Waals surface area contributed by atoms with E-state index in [1.54, 1.807) is 13.0 Å². The molecule has 0 unspecified atom stereocenters. The van der Waals surface area contributed by atoms with Crippen molar-refractivity contribution in [1.82, 2.24) is 0 Å². The number of carboxylic acids is 1. The van der Waals surface area contributed by atoms with E-state index in [0.717, 1.165) is 0 Å². The fourth-order valence-corrected chi connectivity index (χ4v) is 0.976. The van der Waals surface area contributed by atoms with Gasteiger partial charge in [0, 0.05) is 5.57 Å². The first-order valence-electron chi connectivity index (χ1n) is 4.57. The molecule has 0 spiro atoms. The molecule has 1 N–H and O–H groups in total. The SMILES string of the molecule is CCOC(=O)CC(=CC(C)C)C(=O)O. The second kappa shape index (κ2) is 6.18. The zero-order valence-corrected chi connectivity index (χ0v) is 8.74. The number of hydrogen-bond donors (Lipinski definition) is 1. The number of rotatable bonds is 5. The third kappa shape index (κ3) is 5.35. The fourth-order valence-electron chi connectivity index (χ4n) is 0.976. The molecule has 0 aromatic carbocycles. The van der Waals surface area contributed by atoms with Gasteiger partial charge in [0.1, 0.15) is 0 Å². The predicted molar refractivity (Wildman–Crippen MR) is 51.8 cm³/mol. The molecular weight excluding hydrogens is 184 g/mol. The normalized spacial score (nSPS) is 11.6. The van der Waals surface area contributed by atoms with Gasteiger partial charge < -0.3 is 9.84 Å². The average Bonchev–Trinajstić information content (AvgIpc) is 2.02. The van der Waals surface area contributed by atoms with Gasteiger partial charge in [-0.15, -0.1) is 0 Å². The Morgan fingerprint density at radius 2 is 2.00 bits per heavy atom. The van der Waals surface area contributed by atoms with E-state index in [1.807, 2.05) is 13.8 Å². The summed E-state index contributed by atoms with van der Waals surface area (Å²) >= 11 is 0. The quantitative estimate of drug-likeness (QED) is 0.541. The van der Waals surface area contributed by atoms with Gasteiger partial charge >= 0.3 is 11.9 Å². The first-order valence-corrected chi connectivity index (χ1v) is 4.57. The van der Waals surface area contributed by atoms with E-state index < -0.39 is 11.9 Å². The molecule has 0 heterocycles. The highest BCUT2D eigenvalue weighted by atomic mass is 16.5. The summed E-state index contributed by atoms with van der Waals surface area (Å²) in [6, 6.07) is 0. The Kier molecular flexibility index (Phi) is 5.60. The molecule has 0 saturated heterocycles. The van der Waals surface area contributed by atoms with Crippen molar-refractivity contribution in [3.05, 3.63) is 11.6 Å². The van der Waals surface area contributed by atoms with Crippen molar-refractivity contribution in [1.29, 1.82) is 0 Å². The summed E-state index contributed by atoms with van der Waals surface area (Å²) in [7, 11) is 0. The van der Waals surface area contributed by atoms with Gasteiger partial charge in [-0.3, -0.25) is 4.79 Å². The van der Waals surface area contributed by atoms with Crippen molar-refractivity contribution >= 4 is 11.9 Å². The number of esters is 1. The van der Waals surface area contributed by atoms with Crippen molar-refractivity contribution in [3.8, 4) is 0 Å². The zero-order valence-electron chi connectivity index (χ0n) is 8.74. The van der Waals surface area contributed by atoms with Crippen LogP contribution in [0.5, 0.6) is 0 Å². The fraction of sp³-hybridized carbons (Fsp3) is 0.600. The number of aliphatic carboxylic acids is 1. The van der Waals surface area contributed by atoms with Crippen molar-refractivity contribution < 1.29 is 19.4 Å². The van der Waals surface area contributed by atoms with Crippen LogP contribution in [0.4, 0.5) is 0 Å². The molecule has 0 aliphatic heterocycles. The third-order valence-electron chi connectivity index (χ3n) is 1.45. The molecular formula is C10H16O4. The molecule has 0 bridgehead atoms. The second-order valence-corrected chi connectivity index (χ2v) is 3.22. The van der Waals surface area contributed by atoms with Crippen LogP contribution in [-0.4, -0.2) is 23.7 Å². The van der Waals surface area contributed by atoms with Gasteiger partial charge in [0.25, 0.3) is 0 Å². The lowest BCUT2D eigenvalue weighted by Crippen LogP contribution is -2.11. The maximum absolute atomic E-state index is 11.0. The lowest BCUT2D eigenvalue weighted by molar-refractivity contribution is -0.144. The number of carbonyl (C=O) groups excluding carboxylic acids is 1. The molecule has 0 saturated carbocycles. The maximum atomic E-state index is 11.0. The van der Waals surface area contributed by atoms with E-state index in [1.165, 1.54) is 0 Å². The van der Waals surface area contributed by atoms with Crippen molar-refractivity contribution in [2.24, 2.45) is 5.92 Å². The predicted octanol–water partition coefficient (Wildman–Crippen LogP) is 1.61. The number of allylic oxidation sites excluding steroid dienone is 1. The van der Waals surface area contributed by atoms with Crippen molar-refractivity contribution in [2.75, 3.05) is 6.61 Å². The van der Waals surface area contributed by atoms with Gasteiger partial charge in [0.05, 0.1) is 13.0 Å². The van der Waals surface area contributed by atoms with E-state index in [4.69, 9.17) is 5.11 Å². The maximum Gasteiger partial charge on any atom is 0.331 e. The minimum absolute atomic E-state index is 0.0958. The summed E-state index contributed by atoms with van der Waals surface area (Å²) in [6.07, 6.45) is 1.39. The summed E-state index contributed by atoms with van der Waals surface area (Å²) in [5, 5.41) is 8.76. The molecule has 0 fully saturated rings. The van der Waals surface area contributed by atoms with Crippen LogP contribution in [-0.2, 0) is 14.3 Å². The van der Waals surface area contributed by atoms with Crippen LogP contribution in [0.25, 0.3) is 0 Å². The van der Waals surface area contributed by atoms with Crippen molar-refractivity contribution in [3.63, 3.8) is 0 Å². The van der Waals surface area contributed by atoms with Gasteiger partial charge in [-0.2, -0.15) is 0 Å². The van der Waals surface area contributed by atoms with Crippen LogP contribution < -0.4 is 0 Å². The van der Waals surface area contributed by atoms with Gasteiger partial charge in [-0.1, -0.05) is 19.9 Å². The average molecular weight is 200 g/mol. The lowest BCUT2D eigenvalue weighted by Gasteiger charge is -2.04. The smallest absolute Gasteiger partial charge is 0.331 e. The molecule has 0 radical (unpaired) electrons. The van der Waals surface area contributed by atoms with Crippen LogP contribution in [0, 0.1) is 5.92 Å². The van der Waals surface area contributed by atoms with E-state index in [2.05, 4.69) is 4.74 Å². The lowest BCUT2D eigenvalue weighted by atomic mass is 10.1. The summed E-state index contributed by atoms with van der Waals surface area (Å²) in [5.41, 5.74) is 0.0958. The summed E-state index contributed by atoms with van der Waals surface area (Å²) in [5.74, 6) is -1.45. The molecule has 0 rings (SSSR count). The number of carbonyl (C=O) groups is 2. The highest BCUT2D eigenvalue weighted by molar-refractivity contribution is 5.92. The largest absolute Gasteiger partial charge is 0.478 e. The molecule has 0 amide bonds. The molecule has 4 heteroatoms. The Morgan fingerprint density at radius 3 is 2.36 bits per heavy atom. The standard InChI is InChI=1S/C10H16O4/c1-4-14-9(11)6-8(10(12)13)5-7(2)3/h5,7H,4,6H2,1-3H3,(H,12,13). The van der Waals surface area contributed by atoms with Crippen LogP contribution in [0.3, 0.4) is 0 Å². The first-order chi connectivity index (χ1) is 6.47. The van der Waals surface area contributed by atoms with Gasteiger partial charge in [-0.25, -0.2) is 4.79 Å². The van der Waals surface area contributed by atoms with Gasteiger partial charge in [0.15, 0.2) is 0 Å². The van der Waals surface area contributed by atoms with E-state index >= 15 is 0 Å². The Morgan fingerprint density at radius 1 is 1.43 bits per heavy atom. The number of ether oxygens (including phenoxy) is 1. The molecule has 0 aromatic rings. The molecule has 14 heavy (non-hydrogen) atoms. The molecule has 80 valence electrons. The van der Waals surface area contributed by atoms with Crippen LogP contribution in [0.2, 0.25) is 0 Å². The summed E-state index contributed by atoms with van der Waals surface area (Å²) in [4.78, 5) is 21.7. The molecule has 4 nitrogen and oxygen atoms in total. The Balaban J connectivity index is 4.39. The highest BCUT2D eigenvalue weighted by Crippen LogP contribution is 2.08. The van der Waals surface area contributed by atoms with Crippen LogP contribution >= 0.6 is 0 Å². The molecule has 0 aromatic heterocycles. The van der Waals surface area contributed by atoms with E-state index in [-0.39, 0.29) is 24.5 Å². The monoisotopic (exact) mass is 200 g/mol. The summed E-state index contributed by atoms with van der Waals surface area (Å²) < 4.78 is 4.66. The van der Waals surface area contributed by atoms with Crippen LogP contribution in [0.15, 0.2) is 11.6 Å². The number of carboxylic acid groups (broad SMARTS) is 1. The van der Waals surface area contributed by atoms with Crippen molar-refractivity contribution in [2.45, 2.75) is 27.2 Å². The van der Waals surface area contributed by atoms with Crippen LogP contribution in [0.1, 0.15) is 27.2 Å². The Labute approximate surface area is 83.6 Å². The minimum atomic E-state index is -1.06. The molecule has 0 atom stereocenters. The molecule has 0 aliphatic carbocycles.